The number of benzene rings is 2. The van der Waals surface area contributed by atoms with Crippen molar-refractivity contribution in [1.82, 2.24) is 0 Å². The van der Waals surface area contributed by atoms with Crippen molar-refractivity contribution in [2.24, 2.45) is 0 Å². The normalized spacial score (nSPS) is 9.71. The molecule has 0 spiro atoms. The van der Waals surface area contributed by atoms with Gasteiger partial charge in [0.05, 0.1) is 11.1 Å². The van der Waals surface area contributed by atoms with Gasteiger partial charge in [0.1, 0.15) is 23.6 Å². The fourth-order valence-corrected chi connectivity index (χ4v) is 2.50. The van der Waals surface area contributed by atoms with E-state index in [-0.39, 0.29) is 0 Å². The van der Waals surface area contributed by atoms with Crippen LogP contribution >= 0.6 is 31.9 Å². The first kappa shape index (κ1) is 15.6. The lowest BCUT2D eigenvalue weighted by atomic mass is 10.1. The molecule has 0 radical (unpaired) electrons. The molecule has 0 saturated heterocycles. The van der Waals surface area contributed by atoms with Gasteiger partial charge in [0, 0.05) is 10.7 Å². The van der Waals surface area contributed by atoms with Crippen molar-refractivity contribution in [2.75, 3.05) is 0 Å². The Morgan fingerprint density at radius 3 is 1.95 bits per heavy atom. The highest BCUT2D eigenvalue weighted by atomic mass is 79.9. The number of nitrogens with zero attached hydrogens (tertiary/aromatic N) is 2. The maximum absolute atomic E-state index is 9.04. The third kappa shape index (κ3) is 3.85. The number of ether oxygens (including phenoxy) is 1. The molecule has 0 heterocycles. The summed E-state index contributed by atoms with van der Waals surface area (Å²) in [5.41, 5.74) is 2.87. The topological polar surface area (TPSA) is 56.8 Å². The quantitative estimate of drug-likeness (QED) is 0.671. The van der Waals surface area contributed by atoms with E-state index in [4.69, 9.17) is 15.3 Å². The molecule has 0 atom stereocenters. The molecule has 104 valence electrons. The van der Waals surface area contributed by atoms with Crippen molar-refractivity contribution in [1.29, 1.82) is 10.5 Å². The van der Waals surface area contributed by atoms with Gasteiger partial charge in [0.15, 0.2) is 0 Å². The van der Waals surface area contributed by atoms with Crippen molar-refractivity contribution in [2.45, 2.75) is 10.7 Å². The molecule has 0 aromatic heterocycles. The van der Waals surface area contributed by atoms with E-state index in [1.165, 1.54) is 0 Å². The van der Waals surface area contributed by atoms with Crippen LogP contribution in [-0.2, 0) is 10.7 Å². The van der Waals surface area contributed by atoms with E-state index in [1.54, 1.807) is 18.2 Å². The fourth-order valence-electron chi connectivity index (χ4n) is 1.85. The smallest absolute Gasteiger partial charge is 0.128 e. The summed E-state index contributed by atoms with van der Waals surface area (Å²) in [7, 11) is 0. The summed E-state index contributed by atoms with van der Waals surface area (Å²) in [6.45, 7) is 0. The average Bonchev–Trinajstić information content (AvgIpc) is 2.54. The molecule has 0 aliphatic rings. The van der Waals surface area contributed by atoms with E-state index in [2.05, 4.69) is 37.9 Å². The van der Waals surface area contributed by atoms with E-state index >= 15 is 0 Å². The lowest BCUT2D eigenvalue weighted by Gasteiger charge is -2.09. The second kappa shape index (κ2) is 7.26. The standard InChI is InChI=1S/C16H10Br2N2O/c17-7-11-3-12(8-18)5-16(4-11)21-15-2-1-13(9-19)14(6-15)10-20/h1-6H,7-8H2. The van der Waals surface area contributed by atoms with Crippen LogP contribution in [0.15, 0.2) is 36.4 Å². The lowest BCUT2D eigenvalue weighted by Crippen LogP contribution is -1.91. The van der Waals surface area contributed by atoms with E-state index in [9.17, 15) is 0 Å². The molecule has 0 fully saturated rings. The molecular weight excluding hydrogens is 396 g/mol. The highest BCUT2D eigenvalue weighted by Crippen LogP contribution is 2.27. The van der Waals surface area contributed by atoms with Gasteiger partial charge in [-0.05, 0) is 41.5 Å². The summed E-state index contributed by atoms with van der Waals surface area (Å²) in [5, 5.41) is 19.4. The first-order valence-corrected chi connectivity index (χ1v) is 8.31. The number of halogens is 2. The van der Waals surface area contributed by atoms with Crippen LogP contribution in [0.2, 0.25) is 0 Å². The number of hydrogen-bond acceptors (Lipinski definition) is 3. The molecule has 0 unspecified atom stereocenters. The molecular formula is C16H10Br2N2O. The SMILES string of the molecule is N#Cc1ccc(Oc2cc(CBr)cc(CBr)c2)cc1C#N. The first-order chi connectivity index (χ1) is 10.2. The van der Waals surface area contributed by atoms with Gasteiger partial charge in [-0.1, -0.05) is 37.9 Å². The zero-order valence-corrected chi connectivity index (χ0v) is 14.1. The average molecular weight is 406 g/mol. The maximum atomic E-state index is 9.04. The minimum Gasteiger partial charge on any atom is -0.457 e. The second-order valence-electron chi connectivity index (χ2n) is 4.29. The summed E-state index contributed by atoms with van der Waals surface area (Å²) in [5.74, 6) is 1.24. The third-order valence-corrected chi connectivity index (χ3v) is 4.10. The predicted molar refractivity (Wildman–Crippen MR) is 87.7 cm³/mol. The molecule has 2 rings (SSSR count). The van der Waals surface area contributed by atoms with Crippen molar-refractivity contribution in [3.63, 3.8) is 0 Å². The van der Waals surface area contributed by atoms with Crippen LogP contribution < -0.4 is 4.74 Å². The largest absolute Gasteiger partial charge is 0.457 e. The summed E-state index contributed by atoms with van der Waals surface area (Å²) in [4.78, 5) is 0. The Morgan fingerprint density at radius 1 is 0.810 bits per heavy atom. The summed E-state index contributed by atoms with van der Waals surface area (Å²) < 4.78 is 5.80. The second-order valence-corrected chi connectivity index (χ2v) is 5.41. The molecule has 3 nitrogen and oxygen atoms in total. The van der Waals surface area contributed by atoms with E-state index < -0.39 is 0 Å². The molecule has 21 heavy (non-hydrogen) atoms. The van der Waals surface area contributed by atoms with Crippen molar-refractivity contribution >= 4 is 31.9 Å². The highest BCUT2D eigenvalue weighted by Gasteiger charge is 2.06. The number of alkyl halides is 2. The number of nitriles is 2. The molecule has 0 aliphatic heterocycles. The van der Waals surface area contributed by atoms with E-state index in [0.717, 1.165) is 21.8 Å². The first-order valence-electron chi connectivity index (χ1n) is 6.07. The van der Waals surface area contributed by atoms with Gasteiger partial charge in [-0.3, -0.25) is 0 Å². The summed E-state index contributed by atoms with van der Waals surface area (Å²) >= 11 is 6.86. The van der Waals surface area contributed by atoms with Crippen LogP contribution in [0.3, 0.4) is 0 Å². The maximum Gasteiger partial charge on any atom is 0.128 e. The van der Waals surface area contributed by atoms with E-state index in [1.807, 2.05) is 24.3 Å². The molecule has 0 bridgehead atoms. The van der Waals surface area contributed by atoms with Gasteiger partial charge in [0.25, 0.3) is 0 Å². The Labute approximate surface area is 140 Å². The minimum atomic E-state index is 0.312. The van der Waals surface area contributed by atoms with Crippen LogP contribution in [0.5, 0.6) is 11.5 Å². The molecule has 0 aliphatic carbocycles. The molecule has 0 amide bonds. The predicted octanol–water partition coefficient (Wildman–Crippen LogP) is 5.01. The summed E-state index contributed by atoms with van der Waals surface area (Å²) in [6, 6.07) is 14.8. The zero-order valence-electron chi connectivity index (χ0n) is 10.9. The Bertz CT molecular complexity index is 723. The van der Waals surface area contributed by atoms with Gasteiger partial charge in [-0.2, -0.15) is 10.5 Å². The fraction of sp³-hybridized carbons (Fsp3) is 0.125. The number of hydrogen-bond donors (Lipinski definition) is 0. The Balaban J connectivity index is 2.34. The molecule has 2 aromatic carbocycles. The van der Waals surface area contributed by atoms with Crippen molar-refractivity contribution < 1.29 is 4.74 Å². The molecule has 0 N–H and O–H groups in total. The molecule has 5 heteroatoms. The monoisotopic (exact) mass is 404 g/mol. The van der Waals surface area contributed by atoms with Gasteiger partial charge < -0.3 is 4.74 Å². The van der Waals surface area contributed by atoms with Gasteiger partial charge in [0.2, 0.25) is 0 Å². The minimum absolute atomic E-state index is 0.312. The Kier molecular flexibility index (Phi) is 5.38. The van der Waals surface area contributed by atoms with Crippen LogP contribution in [0.4, 0.5) is 0 Å². The van der Waals surface area contributed by atoms with E-state index in [0.29, 0.717) is 22.6 Å². The third-order valence-electron chi connectivity index (χ3n) is 2.80. The number of rotatable bonds is 4. The van der Waals surface area contributed by atoms with Crippen LogP contribution in [0.25, 0.3) is 0 Å². The van der Waals surface area contributed by atoms with Crippen LogP contribution in [0.1, 0.15) is 22.3 Å². The van der Waals surface area contributed by atoms with Crippen LogP contribution in [-0.4, -0.2) is 0 Å². The van der Waals surface area contributed by atoms with Crippen LogP contribution in [0, 0.1) is 22.7 Å². The zero-order chi connectivity index (χ0) is 15.2. The summed E-state index contributed by atoms with van der Waals surface area (Å²) in [6.07, 6.45) is 0. The Morgan fingerprint density at radius 2 is 1.43 bits per heavy atom. The highest BCUT2D eigenvalue weighted by molar-refractivity contribution is 9.08. The Hall–Kier alpha value is -1.82. The van der Waals surface area contributed by atoms with Gasteiger partial charge in [-0.15, -0.1) is 0 Å². The van der Waals surface area contributed by atoms with Crippen molar-refractivity contribution in [3.8, 4) is 23.6 Å². The van der Waals surface area contributed by atoms with Crippen molar-refractivity contribution in [3.05, 3.63) is 58.7 Å². The lowest BCUT2D eigenvalue weighted by molar-refractivity contribution is 0.481. The molecule has 0 saturated carbocycles. The molecule has 2 aromatic rings. The van der Waals surface area contributed by atoms with Gasteiger partial charge in [-0.25, -0.2) is 0 Å². The van der Waals surface area contributed by atoms with Gasteiger partial charge >= 0.3 is 0 Å².